The first-order valence-corrected chi connectivity index (χ1v) is 14.1. The average molecular weight is 581 g/mol. The molecule has 4 rings (SSSR count). The summed E-state index contributed by atoms with van der Waals surface area (Å²) in [5, 5.41) is 5.47. The molecule has 0 saturated carbocycles. The van der Waals surface area contributed by atoms with Crippen LogP contribution in [0.1, 0.15) is 29.2 Å². The van der Waals surface area contributed by atoms with Gasteiger partial charge in [-0.15, -0.1) is 0 Å². The van der Waals surface area contributed by atoms with Crippen LogP contribution in [0.25, 0.3) is 0 Å². The van der Waals surface area contributed by atoms with Gasteiger partial charge in [0.25, 0.3) is 0 Å². The fourth-order valence-electron chi connectivity index (χ4n) is 4.53. The molecule has 8 nitrogen and oxygen atoms in total. The molecule has 0 aliphatic heterocycles. The number of amides is 2. The van der Waals surface area contributed by atoms with Crippen molar-refractivity contribution in [3.8, 4) is 11.5 Å². The van der Waals surface area contributed by atoms with E-state index in [1.54, 1.807) is 12.1 Å². The summed E-state index contributed by atoms with van der Waals surface area (Å²) in [5.41, 5.74) is 3.60. The van der Waals surface area contributed by atoms with Crippen molar-refractivity contribution in [3.63, 3.8) is 0 Å². The molecule has 0 bridgehead atoms. The standard InChI is InChI=1S/C35H36N2O6/c1-25(38)36-30(20-26-12-6-3-7-13-26)34(39)37-31(35(40)41-2)21-29-18-19-32(42-23-27-14-8-4-9-15-27)33(22-29)43-24-28-16-10-5-11-17-28/h3-19,22,30-31H,20-21,23-24H2,1-2H3,(H,36,38)(H,37,39)/t30-,31+/m1/s1. The maximum atomic E-state index is 13.3. The van der Waals surface area contributed by atoms with Crippen LogP contribution in [-0.4, -0.2) is 37.0 Å². The fraction of sp³-hybridized carbons (Fsp3) is 0.229. The molecule has 8 heteroatoms. The number of hydrogen-bond acceptors (Lipinski definition) is 6. The van der Waals surface area contributed by atoms with Gasteiger partial charge in [-0.1, -0.05) is 97.1 Å². The van der Waals surface area contributed by atoms with Crippen LogP contribution >= 0.6 is 0 Å². The Labute approximate surface area is 252 Å². The van der Waals surface area contributed by atoms with Crippen molar-refractivity contribution >= 4 is 17.8 Å². The van der Waals surface area contributed by atoms with Crippen molar-refractivity contribution in [2.24, 2.45) is 0 Å². The zero-order valence-corrected chi connectivity index (χ0v) is 24.3. The largest absolute Gasteiger partial charge is 0.485 e. The molecule has 222 valence electrons. The minimum atomic E-state index is -0.998. The summed E-state index contributed by atoms with van der Waals surface area (Å²) in [4.78, 5) is 38.0. The minimum Gasteiger partial charge on any atom is -0.485 e. The topological polar surface area (TPSA) is 103 Å². The van der Waals surface area contributed by atoms with Gasteiger partial charge in [-0.25, -0.2) is 4.79 Å². The van der Waals surface area contributed by atoms with E-state index in [1.165, 1.54) is 14.0 Å². The quantitative estimate of drug-likeness (QED) is 0.208. The van der Waals surface area contributed by atoms with Gasteiger partial charge in [0.05, 0.1) is 7.11 Å². The lowest BCUT2D eigenvalue weighted by Crippen LogP contribution is -2.53. The van der Waals surface area contributed by atoms with Crippen molar-refractivity contribution in [3.05, 3.63) is 131 Å². The number of hydrogen-bond donors (Lipinski definition) is 2. The third-order valence-corrected chi connectivity index (χ3v) is 6.70. The first kappa shape index (κ1) is 30.8. The molecule has 2 N–H and O–H groups in total. The van der Waals surface area contributed by atoms with Crippen molar-refractivity contribution in [2.45, 2.75) is 45.1 Å². The summed E-state index contributed by atoms with van der Waals surface area (Å²) >= 11 is 0. The van der Waals surface area contributed by atoms with Gasteiger partial charge in [-0.2, -0.15) is 0 Å². The molecular formula is C35H36N2O6. The Bertz CT molecular complexity index is 1480. The predicted octanol–water partition coefficient (Wildman–Crippen LogP) is 4.79. The van der Waals surface area contributed by atoms with Crippen LogP contribution in [-0.2, 0) is 45.2 Å². The van der Waals surface area contributed by atoms with Crippen molar-refractivity contribution in [2.75, 3.05) is 7.11 Å². The lowest BCUT2D eigenvalue weighted by Gasteiger charge is -2.22. The Hall–Kier alpha value is -5.11. The second-order valence-electron chi connectivity index (χ2n) is 10.1. The molecule has 0 aromatic heterocycles. The molecule has 0 aliphatic carbocycles. The zero-order valence-electron chi connectivity index (χ0n) is 24.3. The van der Waals surface area contributed by atoms with Gasteiger partial charge >= 0.3 is 5.97 Å². The molecule has 0 aliphatic rings. The molecule has 0 spiro atoms. The molecule has 4 aromatic carbocycles. The van der Waals surface area contributed by atoms with E-state index in [0.717, 1.165) is 22.3 Å². The van der Waals surface area contributed by atoms with E-state index in [9.17, 15) is 14.4 Å². The van der Waals surface area contributed by atoms with Crippen molar-refractivity contribution in [1.29, 1.82) is 0 Å². The van der Waals surface area contributed by atoms with Gasteiger partial charge in [0.1, 0.15) is 25.3 Å². The molecule has 0 heterocycles. The summed E-state index contributed by atoms with van der Waals surface area (Å²) in [6, 6.07) is 32.5. The number of benzene rings is 4. The minimum absolute atomic E-state index is 0.136. The summed E-state index contributed by atoms with van der Waals surface area (Å²) in [5.74, 6) is -0.385. The second kappa shape index (κ2) is 15.8. The molecule has 0 radical (unpaired) electrons. The third-order valence-electron chi connectivity index (χ3n) is 6.70. The zero-order chi connectivity index (χ0) is 30.4. The van der Waals surface area contributed by atoms with E-state index in [1.807, 2.05) is 97.1 Å². The van der Waals surface area contributed by atoms with Crippen LogP contribution in [0.15, 0.2) is 109 Å². The van der Waals surface area contributed by atoms with Gasteiger partial charge in [0.15, 0.2) is 11.5 Å². The third kappa shape index (κ3) is 9.74. The number of nitrogens with one attached hydrogen (secondary N) is 2. The second-order valence-corrected chi connectivity index (χ2v) is 10.1. The average Bonchev–Trinajstić information content (AvgIpc) is 3.03. The maximum Gasteiger partial charge on any atom is 0.328 e. The molecule has 0 fully saturated rings. The van der Waals surface area contributed by atoms with Gasteiger partial charge in [-0.05, 0) is 34.4 Å². The van der Waals surface area contributed by atoms with E-state index in [-0.39, 0.29) is 18.7 Å². The number of carbonyl (C=O) groups excluding carboxylic acids is 3. The number of carbonyl (C=O) groups is 3. The Morgan fingerprint density at radius 3 is 1.65 bits per heavy atom. The first-order valence-electron chi connectivity index (χ1n) is 14.1. The molecule has 43 heavy (non-hydrogen) atoms. The SMILES string of the molecule is COC(=O)[C@H](Cc1ccc(OCc2ccccc2)c(OCc2ccccc2)c1)NC(=O)[C@@H](Cc1ccccc1)NC(C)=O. The smallest absolute Gasteiger partial charge is 0.328 e. The number of ether oxygens (including phenoxy) is 3. The highest BCUT2D eigenvalue weighted by Gasteiger charge is 2.27. The van der Waals surface area contributed by atoms with Gasteiger partial charge in [0, 0.05) is 19.8 Å². The molecule has 4 aromatic rings. The van der Waals surface area contributed by atoms with Crippen LogP contribution in [0.3, 0.4) is 0 Å². The maximum absolute atomic E-state index is 13.3. The van der Waals surface area contributed by atoms with Gasteiger partial charge < -0.3 is 24.8 Å². The van der Waals surface area contributed by atoms with Crippen LogP contribution in [0.4, 0.5) is 0 Å². The molecule has 2 atom stereocenters. The number of esters is 1. The highest BCUT2D eigenvalue weighted by atomic mass is 16.5. The summed E-state index contributed by atoms with van der Waals surface area (Å²) in [6.45, 7) is 2.02. The Morgan fingerprint density at radius 1 is 0.605 bits per heavy atom. The summed E-state index contributed by atoms with van der Waals surface area (Å²) in [7, 11) is 1.27. The van der Waals surface area contributed by atoms with Crippen LogP contribution in [0.5, 0.6) is 11.5 Å². The van der Waals surface area contributed by atoms with Crippen LogP contribution in [0, 0.1) is 0 Å². The normalized spacial score (nSPS) is 12.0. The monoisotopic (exact) mass is 580 g/mol. The van der Waals surface area contributed by atoms with E-state index in [0.29, 0.717) is 24.7 Å². The highest BCUT2D eigenvalue weighted by molar-refractivity contribution is 5.90. The molecular weight excluding hydrogens is 544 g/mol. The summed E-state index contributed by atoms with van der Waals surface area (Å²) < 4.78 is 17.3. The van der Waals surface area contributed by atoms with Crippen LogP contribution in [0.2, 0.25) is 0 Å². The molecule has 0 saturated heterocycles. The molecule has 2 amide bonds. The lowest BCUT2D eigenvalue weighted by atomic mass is 10.0. The fourth-order valence-corrected chi connectivity index (χ4v) is 4.53. The Morgan fingerprint density at radius 2 is 1.12 bits per heavy atom. The van der Waals surface area contributed by atoms with E-state index >= 15 is 0 Å². The Balaban J connectivity index is 1.53. The van der Waals surface area contributed by atoms with Crippen molar-refractivity contribution < 1.29 is 28.6 Å². The van der Waals surface area contributed by atoms with E-state index in [2.05, 4.69) is 10.6 Å². The van der Waals surface area contributed by atoms with E-state index < -0.39 is 24.0 Å². The lowest BCUT2D eigenvalue weighted by molar-refractivity contribution is -0.145. The highest BCUT2D eigenvalue weighted by Crippen LogP contribution is 2.31. The Kier molecular flexibility index (Phi) is 11.3. The van der Waals surface area contributed by atoms with E-state index in [4.69, 9.17) is 14.2 Å². The number of methoxy groups -OCH3 is 1. The van der Waals surface area contributed by atoms with Crippen LogP contribution < -0.4 is 20.1 Å². The number of rotatable bonds is 14. The van der Waals surface area contributed by atoms with Gasteiger partial charge in [-0.3, -0.25) is 9.59 Å². The predicted molar refractivity (Wildman–Crippen MR) is 163 cm³/mol. The summed E-state index contributed by atoms with van der Waals surface area (Å²) in [6.07, 6.45) is 0.405. The van der Waals surface area contributed by atoms with Crippen molar-refractivity contribution in [1.82, 2.24) is 10.6 Å². The molecule has 0 unspecified atom stereocenters. The first-order chi connectivity index (χ1) is 20.9. The van der Waals surface area contributed by atoms with Gasteiger partial charge in [0.2, 0.25) is 11.8 Å².